The molecule has 1 heterocycles. The molecule has 1 aromatic heterocycles. The van der Waals surface area contributed by atoms with Gasteiger partial charge in [0.05, 0.1) is 21.5 Å². The summed E-state index contributed by atoms with van der Waals surface area (Å²) in [6.45, 7) is 1.92. The molecule has 0 bridgehead atoms. The number of nitrogens with one attached hydrogen (secondary N) is 1. The number of primary sulfonamides is 1. The highest BCUT2D eigenvalue weighted by Crippen LogP contribution is 2.27. The molecule has 0 fully saturated rings. The van der Waals surface area contributed by atoms with Crippen molar-refractivity contribution < 1.29 is 13.2 Å². The van der Waals surface area contributed by atoms with Gasteiger partial charge in [-0.15, -0.1) is 0 Å². The fraction of sp³-hybridized carbons (Fsp3) is 0.200. The molecule has 0 aliphatic carbocycles. The number of hydrogen-bond donors (Lipinski definition) is 3. The minimum absolute atomic E-state index is 0.0309. The number of carbonyl (C=O) groups is 1. The molecule has 1 amide bonds. The highest BCUT2D eigenvalue weighted by Gasteiger charge is 2.16. The lowest BCUT2D eigenvalue weighted by Gasteiger charge is -2.19. The van der Waals surface area contributed by atoms with Gasteiger partial charge in [-0.1, -0.05) is 30.7 Å². The fourth-order valence-corrected chi connectivity index (χ4v) is 2.96. The zero-order valence-corrected chi connectivity index (χ0v) is 14.4. The molecular weight excluding hydrogens is 352 g/mol. The molecule has 24 heavy (non-hydrogen) atoms. The van der Waals surface area contributed by atoms with Gasteiger partial charge in [-0.05, 0) is 30.2 Å². The third kappa shape index (κ3) is 4.22. The van der Waals surface area contributed by atoms with Crippen LogP contribution in [0.4, 0.5) is 5.82 Å². The number of hydrogen-bond acceptors (Lipinski definition) is 5. The summed E-state index contributed by atoms with van der Waals surface area (Å²) in [7, 11) is -3.78. The van der Waals surface area contributed by atoms with Crippen LogP contribution >= 0.6 is 11.6 Å². The maximum Gasteiger partial charge on any atom is 0.250 e. The minimum Gasteiger partial charge on any atom is -0.366 e. The maximum absolute atomic E-state index is 11.5. The molecule has 9 heteroatoms. The predicted octanol–water partition coefficient (Wildman–Crippen LogP) is 2.04. The third-order valence-corrected chi connectivity index (χ3v) is 4.63. The highest BCUT2D eigenvalue weighted by atomic mass is 35.5. The predicted molar refractivity (Wildman–Crippen MR) is 92.2 cm³/mol. The van der Waals surface area contributed by atoms with E-state index < -0.39 is 15.9 Å². The molecule has 1 aromatic carbocycles. The molecule has 128 valence electrons. The number of rotatable bonds is 6. The smallest absolute Gasteiger partial charge is 0.250 e. The first-order valence-electron chi connectivity index (χ1n) is 7.07. The summed E-state index contributed by atoms with van der Waals surface area (Å²) in [6, 6.07) is 7.51. The quantitative estimate of drug-likeness (QED) is 0.718. The van der Waals surface area contributed by atoms with Crippen molar-refractivity contribution >= 4 is 33.3 Å². The molecule has 1 unspecified atom stereocenters. The lowest BCUT2D eigenvalue weighted by atomic mass is 10.0. The number of halogens is 1. The van der Waals surface area contributed by atoms with Crippen LogP contribution in [0.15, 0.2) is 41.4 Å². The molecule has 0 radical (unpaired) electrons. The van der Waals surface area contributed by atoms with E-state index in [1.54, 1.807) is 12.1 Å². The molecule has 0 aliphatic heterocycles. The number of primary amides is 1. The van der Waals surface area contributed by atoms with Crippen molar-refractivity contribution in [3.63, 3.8) is 0 Å². The van der Waals surface area contributed by atoms with Gasteiger partial charge >= 0.3 is 0 Å². The molecule has 1 atom stereocenters. The van der Waals surface area contributed by atoms with E-state index in [-0.39, 0.29) is 21.5 Å². The van der Waals surface area contributed by atoms with Crippen LogP contribution in [0.3, 0.4) is 0 Å². The van der Waals surface area contributed by atoms with Crippen molar-refractivity contribution in [3.05, 3.63) is 52.7 Å². The molecule has 0 saturated carbocycles. The number of aromatic nitrogens is 1. The molecule has 2 rings (SSSR count). The van der Waals surface area contributed by atoms with Gasteiger partial charge in [-0.3, -0.25) is 4.79 Å². The third-order valence-electron chi connectivity index (χ3n) is 3.43. The Morgan fingerprint density at radius 3 is 2.62 bits per heavy atom. The van der Waals surface area contributed by atoms with Gasteiger partial charge in [-0.25, -0.2) is 18.5 Å². The monoisotopic (exact) mass is 368 g/mol. The molecule has 0 spiro atoms. The number of amides is 1. The van der Waals surface area contributed by atoms with Crippen LogP contribution < -0.4 is 16.2 Å². The van der Waals surface area contributed by atoms with E-state index in [0.717, 1.165) is 5.56 Å². The van der Waals surface area contributed by atoms with Gasteiger partial charge in [-0.2, -0.15) is 0 Å². The second kappa shape index (κ2) is 7.16. The Morgan fingerprint density at radius 2 is 2.08 bits per heavy atom. The van der Waals surface area contributed by atoms with Crippen LogP contribution in [0.5, 0.6) is 0 Å². The highest BCUT2D eigenvalue weighted by molar-refractivity contribution is 7.89. The van der Waals surface area contributed by atoms with Crippen molar-refractivity contribution in [3.8, 4) is 0 Å². The summed E-state index contributed by atoms with van der Waals surface area (Å²) in [5, 5.41) is 8.53. The van der Waals surface area contributed by atoms with E-state index in [0.29, 0.717) is 12.2 Å². The summed E-state index contributed by atoms with van der Waals surface area (Å²) in [6.07, 6.45) is 1.97. The average Bonchev–Trinajstić information content (AvgIpc) is 2.53. The number of sulfonamides is 1. The number of nitrogens with two attached hydrogens (primary N) is 2. The number of carbonyl (C=O) groups excluding carboxylic acids is 1. The van der Waals surface area contributed by atoms with Crippen molar-refractivity contribution in [1.82, 2.24) is 4.98 Å². The van der Waals surface area contributed by atoms with Gasteiger partial charge in [0.15, 0.2) is 0 Å². The van der Waals surface area contributed by atoms with Gasteiger partial charge < -0.3 is 11.1 Å². The van der Waals surface area contributed by atoms with Gasteiger partial charge in [0.2, 0.25) is 15.9 Å². The molecule has 0 aliphatic rings. The van der Waals surface area contributed by atoms with E-state index in [1.807, 2.05) is 6.92 Å². The normalized spacial score (nSPS) is 12.6. The van der Waals surface area contributed by atoms with Crippen molar-refractivity contribution in [2.24, 2.45) is 10.9 Å². The molecular formula is C15H17ClN4O3S. The first-order chi connectivity index (χ1) is 11.2. The van der Waals surface area contributed by atoms with Crippen molar-refractivity contribution in [2.75, 3.05) is 5.32 Å². The number of nitrogens with zero attached hydrogens (tertiary/aromatic N) is 1. The lowest BCUT2D eigenvalue weighted by molar-refractivity contribution is 0.1000. The zero-order valence-electron chi connectivity index (χ0n) is 12.9. The summed E-state index contributed by atoms with van der Waals surface area (Å²) in [4.78, 5) is 15.3. The lowest BCUT2D eigenvalue weighted by Crippen LogP contribution is -2.16. The second-order valence-electron chi connectivity index (χ2n) is 5.14. The summed E-state index contributed by atoms with van der Waals surface area (Å²) >= 11 is 6.12. The number of benzene rings is 1. The molecule has 2 aromatic rings. The van der Waals surface area contributed by atoms with Gasteiger partial charge in [0.25, 0.3) is 0 Å². The molecule has 7 nitrogen and oxygen atoms in total. The largest absolute Gasteiger partial charge is 0.366 e. The Morgan fingerprint density at radius 1 is 1.38 bits per heavy atom. The van der Waals surface area contributed by atoms with Crippen LogP contribution in [0, 0.1) is 0 Å². The average molecular weight is 369 g/mol. The van der Waals surface area contributed by atoms with E-state index >= 15 is 0 Å². The standard InChI is InChI=1S/C15H17ClN4O3S/c1-2-13(9-4-3-5-11(6-9)24(18,22)23)20-15-12(16)7-10(8-19-15)14(17)21/h3-8,13H,2H2,1H3,(H2,17,21)(H,19,20)(H2,18,22,23). The first-order valence-corrected chi connectivity index (χ1v) is 8.99. The Hall–Kier alpha value is -2.16. The first kappa shape index (κ1) is 18.2. The summed E-state index contributed by atoms with van der Waals surface area (Å²) in [5.41, 5.74) is 6.11. The van der Waals surface area contributed by atoms with Crippen LogP contribution in [0.25, 0.3) is 0 Å². The Bertz CT molecular complexity index is 871. The van der Waals surface area contributed by atoms with E-state index in [2.05, 4.69) is 10.3 Å². The maximum atomic E-state index is 11.5. The Labute approximate surface area is 145 Å². The minimum atomic E-state index is -3.78. The number of pyridine rings is 1. The van der Waals surface area contributed by atoms with Gasteiger partial charge in [0.1, 0.15) is 5.82 Å². The van der Waals surface area contributed by atoms with Crippen LogP contribution in [0.1, 0.15) is 35.3 Å². The van der Waals surface area contributed by atoms with Crippen LogP contribution in [-0.4, -0.2) is 19.3 Å². The van der Waals surface area contributed by atoms with E-state index in [1.165, 1.54) is 24.4 Å². The second-order valence-corrected chi connectivity index (χ2v) is 7.11. The Balaban J connectivity index is 2.32. The van der Waals surface area contributed by atoms with E-state index in [4.69, 9.17) is 22.5 Å². The molecule has 0 saturated heterocycles. The topological polar surface area (TPSA) is 128 Å². The fourth-order valence-electron chi connectivity index (χ4n) is 2.17. The van der Waals surface area contributed by atoms with Gasteiger partial charge in [0, 0.05) is 6.20 Å². The molecule has 5 N–H and O–H groups in total. The Kier molecular flexibility index (Phi) is 5.43. The zero-order chi connectivity index (χ0) is 17.9. The van der Waals surface area contributed by atoms with Crippen LogP contribution in [0.2, 0.25) is 5.02 Å². The summed E-state index contributed by atoms with van der Waals surface area (Å²) in [5.74, 6) is -0.252. The van der Waals surface area contributed by atoms with Crippen molar-refractivity contribution in [1.29, 1.82) is 0 Å². The number of anilines is 1. The van der Waals surface area contributed by atoms with E-state index in [9.17, 15) is 13.2 Å². The SMILES string of the molecule is CCC(Nc1ncc(C(N)=O)cc1Cl)c1cccc(S(N)(=O)=O)c1. The van der Waals surface area contributed by atoms with Crippen LogP contribution in [-0.2, 0) is 10.0 Å². The van der Waals surface area contributed by atoms with Crippen molar-refractivity contribution in [2.45, 2.75) is 24.3 Å². The summed E-state index contributed by atoms with van der Waals surface area (Å²) < 4.78 is 23.0.